The molecule has 0 N–H and O–H groups in total. The molecule has 0 fully saturated rings. The summed E-state index contributed by atoms with van der Waals surface area (Å²) in [6.45, 7) is 6.44. The van der Waals surface area contributed by atoms with Crippen molar-refractivity contribution in [2.24, 2.45) is 5.41 Å². The Morgan fingerprint density at radius 1 is 1.38 bits per heavy atom. The van der Waals surface area contributed by atoms with Gasteiger partial charge in [0.2, 0.25) is 0 Å². The third-order valence-corrected chi connectivity index (χ3v) is 2.86. The summed E-state index contributed by atoms with van der Waals surface area (Å²) in [6.07, 6.45) is 2.65. The van der Waals surface area contributed by atoms with Crippen LogP contribution in [0, 0.1) is 5.41 Å². The summed E-state index contributed by atoms with van der Waals surface area (Å²) >= 11 is 6.25. The van der Waals surface area contributed by atoms with E-state index in [1.165, 1.54) is 0 Å². The molecule has 0 amide bonds. The monoisotopic (exact) mass is 197 g/mol. The summed E-state index contributed by atoms with van der Waals surface area (Å²) in [5.74, 6) is 0. The lowest BCUT2D eigenvalue weighted by Crippen LogP contribution is -2.23. The van der Waals surface area contributed by atoms with Gasteiger partial charge < -0.3 is 0 Å². The minimum atomic E-state index is 0.138. The number of pyridine rings is 1. The second-order valence-electron chi connectivity index (χ2n) is 4.36. The maximum absolute atomic E-state index is 6.25. The molecular formula is C11H16ClN. The minimum absolute atomic E-state index is 0.138. The SMILES string of the molecule is CC(C)(C)C(Cl)Cc1ccccn1. The summed E-state index contributed by atoms with van der Waals surface area (Å²) in [7, 11) is 0. The fourth-order valence-corrected chi connectivity index (χ4v) is 1.17. The third kappa shape index (κ3) is 3.35. The summed E-state index contributed by atoms with van der Waals surface area (Å²) in [4.78, 5) is 4.25. The molecule has 13 heavy (non-hydrogen) atoms. The number of nitrogens with zero attached hydrogens (tertiary/aromatic N) is 1. The van der Waals surface area contributed by atoms with Crippen molar-refractivity contribution in [2.45, 2.75) is 32.6 Å². The zero-order valence-electron chi connectivity index (χ0n) is 8.42. The molecule has 1 aromatic heterocycles. The van der Waals surface area contributed by atoms with Gasteiger partial charge in [-0.3, -0.25) is 4.98 Å². The zero-order chi connectivity index (χ0) is 9.90. The summed E-state index contributed by atoms with van der Waals surface area (Å²) < 4.78 is 0. The van der Waals surface area contributed by atoms with E-state index in [1.54, 1.807) is 0 Å². The highest BCUT2D eigenvalue weighted by Gasteiger charge is 2.22. The molecule has 0 spiro atoms. The number of alkyl halides is 1. The molecular weight excluding hydrogens is 182 g/mol. The Bertz CT molecular complexity index is 251. The van der Waals surface area contributed by atoms with E-state index in [-0.39, 0.29) is 10.8 Å². The van der Waals surface area contributed by atoms with Gasteiger partial charge in [-0.25, -0.2) is 0 Å². The van der Waals surface area contributed by atoms with Crippen molar-refractivity contribution in [3.8, 4) is 0 Å². The van der Waals surface area contributed by atoms with Crippen LogP contribution in [0.5, 0.6) is 0 Å². The zero-order valence-corrected chi connectivity index (χ0v) is 9.17. The Hall–Kier alpha value is -0.560. The topological polar surface area (TPSA) is 12.9 Å². The maximum Gasteiger partial charge on any atom is 0.0439 e. The molecule has 0 saturated carbocycles. The molecule has 1 rings (SSSR count). The number of hydrogen-bond donors (Lipinski definition) is 0. The van der Waals surface area contributed by atoms with Crippen LogP contribution < -0.4 is 0 Å². The van der Waals surface area contributed by atoms with E-state index in [0.717, 1.165) is 12.1 Å². The molecule has 0 bridgehead atoms. The second-order valence-corrected chi connectivity index (χ2v) is 4.89. The molecule has 0 radical (unpaired) electrons. The van der Waals surface area contributed by atoms with E-state index < -0.39 is 0 Å². The lowest BCUT2D eigenvalue weighted by molar-refractivity contribution is 0.384. The third-order valence-electron chi connectivity index (χ3n) is 2.05. The first-order valence-corrected chi connectivity index (χ1v) is 4.98. The van der Waals surface area contributed by atoms with Gasteiger partial charge in [-0.1, -0.05) is 26.8 Å². The largest absolute Gasteiger partial charge is 0.261 e. The van der Waals surface area contributed by atoms with Gasteiger partial charge in [-0.15, -0.1) is 11.6 Å². The molecule has 1 unspecified atom stereocenters. The average molecular weight is 198 g/mol. The molecule has 2 heteroatoms. The number of halogens is 1. The maximum atomic E-state index is 6.25. The van der Waals surface area contributed by atoms with Crippen LogP contribution in [0.4, 0.5) is 0 Å². The van der Waals surface area contributed by atoms with Gasteiger partial charge in [0.25, 0.3) is 0 Å². The molecule has 1 heterocycles. The van der Waals surface area contributed by atoms with Gasteiger partial charge in [0, 0.05) is 23.7 Å². The molecule has 1 aromatic rings. The van der Waals surface area contributed by atoms with Crippen LogP contribution in [-0.4, -0.2) is 10.4 Å². The van der Waals surface area contributed by atoms with Gasteiger partial charge in [-0.2, -0.15) is 0 Å². The summed E-state index contributed by atoms with van der Waals surface area (Å²) in [6, 6.07) is 5.93. The first-order valence-electron chi connectivity index (χ1n) is 4.54. The molecule has 0 aromatic carbocycles. The molecule has 72 valence electrons. The molecule has 0 aliphatic rings. The van der Waals surface area contributed by atoms with Gasteiger partial charge in [-0.05, 0) is 17.5 Å². The average Bonchev–Trinajstić information content (AvgIpc) is 2.04. The van der Waals surface area contributed by atoms with E-state index >= 15 is 0 Å². The van der Waals surface area contributed by atoms with Crippen molar-refractivity contribution in [3.63, 3.8) is 0 Å². The minimum Gasteiger partial charge on any atom is -0.261 e. The molecule has 0 saturated heterocycles. The van der Waals surface area contributed by atoms with E-state index in [4.69, 9.17) is 11.6 Å². The highest BCUT2D eigenvalue weighted by Crippen LogP contribution is 2.26. The first-order chi connectivity index (χ1) is 6.00. The smallest absolute Gasteiger partial charge is 0.0439 e. The highest BCUT2D eigenvalue weighted by molar-refractivity contribution is 6.21. The fourth-order valence-electron chi connectivity index (χ4n) is 1.01. The molecule has 1 atom stereocenters. The van der Waals surface area contributed by atoms with E-state index in [0.29, 0.717) is 0 Å². The molecule has 0 aliphatic carbocycles. The Morgan fingerprint density at radius 3 is 2.54 bits per heavy atom. The van der Waals surface area contributed by atoms with Gasteiger partial charge in [0.05, 0.1) is 0 Å². The quantitative estimate of drug-likeness (QED) is 0.664. The van der Waals surface area contributed by atoms with Crippen molar-refractivity contribution in [3.05, 3.63) is 30.1 Å². The fraction of sp³-hybridized carbons (Fsp3) is 0.545. The number of hydrogen-bond acceptors (Lipinski definition) is 1. The Labute approximate surface area is 85.1 Å². The molecule has 1 nitrogen and oxygen atoms in total. The highest BCUT2D eigenvalue weighted by atomic mass is 35.5. The Morgan fingerprint density at radius 2 is 2.08 bits per heavy atom. The predicted molar refractivity (Wildman–Crippen MR) is 57.0 cm³/mol. The van der Waals surface area contributed by atoms with E-state index in [2.05, 4.69) is 25.8 Å². The van der Waals surface area contributed by atoms with Crippen molar-refractivity contribution < 1.29 is 0 Å². The van der Waals surface area contributed by atoms with Crippen LogP contribution in [0.25, 0.3) is 0 Å². The standard InChI is InChI=1S/C11H16ClN/c1-11(2,3)10(12)8-9-6-4-5-7-13-9/h4-7,10H,8H2,1-3H3. The Balaban J connectivity index is 2.61. The number of rotatable bonds is 2. The Kier molecular flexibility index (Phi) is 3.32. The second kappa shape index (κ2) is 4.10. The predicted octanol–water partition coefficient (Wildman–Crippen LogP) is 3.28. The van der Waals surface area contributed by atoms with Crippen molar-refractivity contribution in [1.82, 2.24) is 4.98 Å². The summed E-state index contributed by atoms with van der Waals surface area (Å²) in [5.41, 5.74) is 1.21. The number of aromatic nitrogens is 1. The molecule has 0 aliphatic heterocycles. The van der Waals surface area contributed by atoms with E-state index in [1.807, 2.05) is 24.4 Å². The van der Waals surface area contributed by atoms with Crippen LogP contribution in [0.1, 0.15) is 26.5 Å². The van der Waals surface area contributed by atoms with Gasteiger partial charge in [0.15, 0.2) is 0 Å². The van der Waals surface area contributed by atoms with E-state index in [9.17, 15) is 0 Å². The van der Waals surface area contributed by atoms with Crippen molar-refractivity contribution in [2.75, 3.05) is 0 Å². The van der Waals surface area contributed by atoms with Crippen molar-refractivity contribution in [1.29, 1.82) is 0 Å². The summed E-state index contributed by atoms with van der Waals surface area (Å²) in [5, 5.41) is 0.141. The van der Waals surface area contributed by atoms with Crippen LogP contribution in [0.15, 0.2) is 24.4 Å². The van der Waals surface area contributed by atoms with Gasteiger partial charge in [0.1, 0.15) is 0 Å². The normalized spacial score (nSPS) is 14.2. The van der Waals surface area contributed by atoms with Crippen LogP contribution in [-0.2, 0) is 6.42 Å². The van der Waals surface area contributed by atoms with Crippen molar-refractivity contribution >= 4 is 11.6 Å². The van der Waals surface area contributed by atoms with Gasteiger partial charge >= 0.3 is 0 Å². The van der Waals surface area contributed by atoms with Crippen LogP contribution in [0.2, 0.25) is 0 Å². The first kappa shape index (κ1) is 10.5. The van der Waals surface area contributed by atoms with Crippen LogP contribution >= 0.6 is 11.6 Å². The lowest BCUT2D eigenvalue weighted by atomic mass is 9.89. The lowest BCUT2D eigenvalue weighted by Gasteiger charge is -2.24. The van der Waals surface area contributed by atoms with Crippen LogP contribution in [0.3, 0.4) is 0 Å².